The van der Waals surface area contributed by atoms with Crippen molar-refractivity contribution < 1.29 is 23.7 Å². The summed E-state index contributed by atoms with van der Waals surface area (Å²) >= 11 is 0. The summed E-state index contributed by atoms with van der Waals surface area (Å²) in [6, 6.07) is 0. The number of hydrogen-bond donors (Lipinski definition) is 3. The predicted octanol–water partition coefficient (Wildman–Crippen LogP) is 0.285. The van der Waals surface area contributed by atoms with Gasteiger partial charge in [-0.3, -0.25) is 4.57 Å². The molecule has 0 bridgehead atoms. The number of aliphatic hydroxyl groups is 2. The molecule has 0 radical (unpaired) electrons. The number of nitrogens with two attached hydrogens (primary N) is 1. The maximum absolute atomic E-state index is 15.1. The largest absolute Gasteiger partial charge is 0.390 e. The summed E-state index contributed by atoms with van der Waals surface area (Å²) in [7, 11) is 0. The molecule has 0 spiro atoms. The molecule has 2 aromatic heterocycles. The third kappa shape index (κ3) is 2.34. The molecule has 2 fully saturated rings. The van der Waals surface area contributed by atoms with Gasteiger partial charge in [-0.15, -0.1) is 0 Å². The van der Waals surface area contributed by atoms with Crippen LogP contribution in [0, 0.1) is 0 Å². The van der Waals surface area contributed by atoms with Gasteiger partial charge < -0.3 is 25.6 Å². The van der Waals surface area contributed by atoms with E-state index in [0.717, 1.165) is 32.9 Å². The van der Waals surface area contributed by atoms with Gasteiger partial charge in [-0.1, -0.05) is 0 Å². The summed E-state index contributed by atoms with van der Waals surface area (Å²) in [5.41, 5.74) is 3.83. The molecule has 142 valence electrons. The second-order valence-corrected chi connectivity index (χ2v) is 6.89. The minimum Gasteiger partial charge on any atom is -0.390 e. The first kappa shape index (κ1) is 17.3. The van der Waals surface area contributed by atoms with Crippen LogP contribution in [-0.2, 0) is 4.74 Å². The Morgan fingerprint density at radius 2 is 2.04 bits per heavy atom. The van der Waals surface area contributed by atoms with E-state index in [0.29, 0.717) is 11.3 Å². The first-order chi connectivity index (χ1) is 12.3. The molecule has 9 nitrogen and oxygen atoms in total. The zero-order valence-electron chi connectivity index (χ0n) is 14.1. The second-order valence-electron chi connectivity index (χ2n) is 6.89. The minimum atomic E-state index is -2.93. The van der Waals surface area contributed by atoms with E-state index < -0.39 is 30.5 Å². The van der Waals surface area contributed by atoms with Crippen LogP contribution in [0.4, 0.5) is 20.5 Å². The van der Waals surface area contributed by atoms with Crippen molar-refractivity contribution in [2.75, 3.05) is 30.3 Å². The lowest BCUT2D eigenvalue weighted by atomic mass is 9.97. The number of fused-ring (bicyclic) bond motifs is 1. The number of hydrogen-bond acceptors (Lipinski definition) is 8. The fourth-order valence-corrected chi connectivity index (χ4v) is 3.61. The smallest absolute Gasteiger partial charge is 0.263 e. The summed E-state index contributed by atoms with van der Waals surface area (Å²) in [4.78, 5) is 14.6. The van der Waals surface area contributed by atoms with Crippen LogP contribution < -0.4 is 10.6 Å². The molecule has 26 heavy (non-hydrogen) atoms. The molecule has 0 saturated carbocycles. The number of nitrogens with zero attached hydrogens (tertiary/aromatic N) is 5. The number of nitrogen functional groups attached to an aromatic ring is 1. The lowest BCUT2D eigenvalue weighted by Crippen LogP contribution is -2.46. The molecule has 2 aliphatic rings. The number of imidazole rings is 1. The van der Waals surface area contributed by atoms with Crippen LogP contribution in [0.5, 0.6) is 0 Å². The number of ether oxygens (including phenoxy) is 1. The topological polar surface area (TPSA) is 123 Å². The first-order valence-corrected chi connectivity index (χ1v) is 8.37. The van der Waals surface area contributed by atoms with Crippen molar-refractivity contribution in [3.8, 4) is 0 Å². The van der Waals surface area contributed by atoms with E-state index in [4.69, 9.17) is 10.5 Å². The molecule has 4 atom stereocenters. The third-order valence-corrected chi connectivity index (χ3v) is 5.03. The summed E-state index contributed by atoms with van der Waals surface area (Å²) < 4.78 is 35.8. The Balaban J connectivity index is 1.83. The van der Waals surface area contributed by atoms with Crippen LogP contribution in [0.15, 0.2) is 6.33 Å². The number of rotatable bonds is 3. The fourth-order valence-electron chi connectivity index (χ4n) is 3.61. The van der Waals surface area contributed by atoms with Gasteiger partial charge in [0.1, 0.15) is 6.61 Å². The zero-order valence-corrected chi connectivity index (χ0v) is 14.1. The Hall–Kier alpha value is -2.11. The maximum atomic E-state index is 15.1. The molecule has 0 aliphatic carbocycles. The summed E-state index contributed by atoms with van der Waals surface area (Å²) in [6.45, 7) is 1.38. The normalized spacial score (nSPS) is 34.9. The third-order valence-electron chi connectivity index (χ3n) is 5.03. The van der Waals surface area contributed by atoms with Crippen LogP contribution in [0.3, 0.4) is 0 Å². The number of alkyl halides is 2. The Labute approximate surface area is 147 Å². The summed E-state index contributed by atoms with van der Waals surface area (Å²) in [5, 5.41) is 19.1. The molecular formula is C15H20F2N6O3. The second kappa shape index (κ2) is 5.69. The molecule has 4 N–H and O–H groups in total. The Kier molecular flexibility index (Phi) is 3.79. The lowest BCUT2D eigenvalue weighted by Gasteiger charge is -2.24. The summed E-state index contributed by atoms with van der Waals surface area (Å²) in [5.74, 6) is -2.44. The average Bonchev–Trinajstić information content (AvgIpc) is 3.30. The number of aliphatic hydroxyl groups excluding tert-OH is 2. The molecular weight excluding hydrogens is 350 g/mol. The van der Waals surface area contributed by atoms with Crippen molar-refractivity contribution in [1.82, 2.24) is 19.5 Å². The van der Waals surface area contributed by atoms with Gasteiger partial charge in [-0.2, -0.15) is 9.97 Å². The van der Waals surface area contributed by atoms with E-state index in [1.165, 1.54) is 10.9 Å². The van der Waals surface area contributed by atoms with Crippen molar-refractivity contribution in [3.05, 3.63) is 6.33 Å². The van der Waals surface area contributed by atoms with Crippen molar-refractivity contribution in [2.24, 2.45) is 0 Å². The number of halogens is 2. The van der Waals surface area contributed by atoms with Gasteiger partial charge in [0.2, 0.25) is 5.95 Å². The molecule has 2 saturated heterocycles. The molecule has 2 aromatic rings. The van der Waals surface area contributed by atoms with Gasteiger partial charge in [-0.05, 0) is 19.8 Å². The van der Waals surface area contributed by atoms with E-state index in [-0.39, 0.29) is 11.6 Å². The Bertz CT molecular complexity index is 840. The highest BCUT2D eigenvalue weighted by molar-refractivity contribution is 5.85. The predicted molar refractivity (Wildman–Crippen MR) is 87.7 cm³/mol. The summed E-state index contributed by atoms with van der Waals surface area (Å²) in [6.07, 6.45) is -0.502. The van der Waals surface area contributed by atoms with Gasteiger partial charge in [0.15, 0.2) is 35.0 Å². The van der Waals surface area contributed by atoms with E-state index >= 15 is 4.39 Å². The quantitative estimate of drug-likeness (QED) is 0.704. The maximum Gasteiger partial charge on any atom is 0.263 e. The number of anilines is 2. The first-order valence-electron chi connectivity index (χ1n) is 8.37. The molecule has 4 heterocycles. The zero-order chi connectivity index (χ0) is 18.7. The molecule has 0 amide bonds. The van der Waals surface area contributed by atoms with Crippen LogP contribution in [0.25, 0.3) is 11.2 Å². The van der Waals surface area contributed by atoms with E-state index in [2.05, 4.69) is 15.0 Å². The van der Waals surface area contributed by atoms with Gasteiger partial charge in [0, 0.05) is 13.1 Å². The minimum absolute atomic E-state index is 0.0334. The fraction of sp³-hybridized carbons (Fsp3) is 0.667. The van der Waals surface area contributed by atoms with Crippen LogP contribution in [0.2, 0.25) is 0 Å². The lowest BCUT2D eigenvalue weighted by molar-refractivity contribution is -0.206. The molecule has 2 aliphatic heterocycles. The highest BCUT2D eigenvalue weighted by Gasteiger charge is 2.64. The average molecular weight is 370 g/mol. The number of aromatic nitrogens is 4. The van der Waals surface area contributed by atoms with Crippen LogP contribution in [-0.4, -0.2) is 67.1 Å². The van der Waals surface area contributed by atoms with Crippen molar-refractivity contribution in [1.29, 1.82) is 0 Å². The van der Waals surface area contributed by atoms with Gasteiger partial charge in [0.05, 0.1) is 6.33 Å². The van der Waals surface area contributed by atoms with E-state index in [1.807, 2.05) is 4.90 Å². The SMILES string of the molecule is C[C@]1(F)[C@H](n2cnc3c(N4CCCC4)nc(N)nc32)O[C@](F)(CO)[C@H]1O. The van der Waals surface area contributed by atoms with Gasteiger partial charge in [0.25, 0.3) is 5.85 Å². The molecule has 0 unspecified atom stereocenters. The van der Waals surface area contributed by atoms with Gasteiger partial charge in [-0.25, -0.2) is 13.8 Å². The standard InChI is InChI=1S/C15H20F2N6O3/c1-14(16)11(25)15(17,6-24)26-12(14)23-7-19-8-9(22-4-2-3-5-22)20-13(18)21-10(8)23/h7,11-12,24-25H,2-6H2,1H3,(H2,18,20,21)/t11-,12+,14+,15+/m0/s1. The van der Waals surface area contributed by atoms with Crippen molar-refractivity contribution in [2.45, 2.75) is 43.6 Å². The van der Waals surface area contributed by atoms with Crippen molar-refractivity contribution >= 4 is 22.9 Å². The molecule has 0 aromatic carbocycles. The Morgan fingerprint density at radius 1 is 1.35 bits per heavy atom. The van der Waals surface area contributed by atoms with Crippen molar-refractivity contribution in [3.63, 3.8) is 0 Å². The highest BCUT2D eigenvalue weighted by atomic mass is 19.2. The van der Waals surface area contributed by atoms with Crippen LogP contribution in [0.1, 0.15) is 26.0 Å². The van der Waals surface area contributed by atoms with Gasteiger partial charge >= 0.3 is 0 Å². The molecule has 4 rings (SSSR count). The van der Waals surface area contributed by atoms with E-state index in [1.54, 1.807) is 0 Å². The highest BCUT2D eigenvalue weighted by Crippen LogP contribution is 2.48. The monoisotopic (exact) mass is 370 g/mol. The van der Waals surface area contributed by atoms with E-state index in [9.17, 15) is 14.6 Å². The Morgan fingerprint density at radius 3 is 2.65 bits per heavy atom. The van der Waals surface area contributed by atoms with Crippen LogP contribution >= 0.6 is 0 Å². The molecule has 11 heteroatoms.